The number of methoxy groups -OCH3 is 3. The van der Waals surface area contributed by atoms with Crippen LogP contribution in [0.2, 0.25) is 0 Å². The average molecular weight is 351 g/mol. The Morgan fingerprint density at radius 2 is 1.96 bits per heavy atom. The topological polar surface area (TPSA) is 72.1 Å². The Balaban J connectivity index is 1.77. The van der Waals surface area contributed by atoms with E-state index in [9.17, 15) is 4.79 Å². The monoisotopic (exact) mass is 351 g/mol. The van der Waals surface area contributed by atoms with Crippen LogP contribution in [0.4, 0.5) is 10.5 Å². The number of carbonyl (C=O) groups excluding carboxylic acids is 1. The van der Waals surface area contributed by atoms with E-state index in [1.165, 1.54) is 0 Å². The van der Waals surface area contributed by atoms with Crippen molar-refractivity contribution in [3.05, 3.63) is 18.2 Å². The molecular weight excluding hydrogens is 322 g/mol. The van der Waals surface area contributed by atoms with Crippen LogP contribution in [-0.2, 0) is 4.74 Å². The number of nitrogens with one attached hydrogen (secondary N) is 2. The number of amides is 2. The molecule has 1 aromatic carbocycles. The third-order valence-corrected chi connectivity index (χ3v) is 4.52. The van der Waals surface area contributed by atoms with Crippen molar-refractivity contribution in [3.8, 4) is 11.5 Å². The van der Waals surface area contributed by atoms with Crippen molar-refractivity contribution in [1.29, 1.82) is 0 Å². The fourth-order valence-corrected chi connectivity index (χ4v) is 3.02. The highest BCUT2D eigenvalue weighted by molar-refractivity contribution is 5.91. The summed E-state index contributed by atoms with van der Waals surface area (Å²) in [6.45, 7) is 4.54. The SMILES string of the molecule is COCCN1CCC(CNC(=O)Nc2cccc(OC)c2OC)CC1. The normalized spacial score (nSPS) is 15.6. The van der Waals surface area contributed by atoms with E-state index in [4.69, 9.17) is 14.2 Å². The summed E-state index contributed by atoms with van der Waals surface area (Å²) in [5.74, 6) is 1.62. The molecule has 0 saturated carbocycles. The van der Waals surface area contributed by atoms with Gasteiger partial charge in [0.2, 0.25) is 0 Å². The molecule has 7 heteroatoms. The Bertz CT molecular complexity index is 545. The van der Waals surface area contributed by atoms with Gasteiger partial charge in [0.1, 0.15) is 0 Å². The summed E-state index contributed by atoms with van der Waals surface area (Å²) in [7, 11) is 4.85. The minimum absolute atomic E-state index is 0.228. The Labute approximate surface area is 149 Å². The summed E-state index contributed by atoms with van der Waals surface area (Å²) in [5, 5.41) is 5.79. The molecule has 1 heterocycles. The molecule has 2 amide bonds. The van der Waals surface area contributed by atoms with Crippen LogP contribution in [0.5, 0.6) is 11.5 Å². The molecule has 1 aliphatic heterocycles. The third-order valence-electron chi connectivity index (χ3n) is 4.52. The van der Waals surface area contributed by atoms with Crippen LogP contribution in [0.15, 0.2) is 18.2 Å². The first-order valence-corrected chi connectivity index (χ1v) is 8.65. The minimum atomic E-state index is -0.228. The van der Waals surface area contributed by atoms with Crippen LogP contribution in [0.25, 0.3) is 0 Å². The van der Waals surface area contributed by atoms with Crippen LogP contribution < -0.4 is 20.1 Å². The first-order chi connectivity index (χ1) is 12.2. The van der Waals surface area contributed by atoms with Gasteiger partial charge in [0.15, 0.2) is 11.5 Å². The van der Waals surface area contributed by atoms with Crippen LogP contribution >= 0.6 is 0 Å². The molecular formula is C18H29N3O4. The molecule has 1 aromatic rings. The molecule has 0 radical (unpaired) electrons. The predicted molar refractivity (Wildman–Crippen MR) is 97.6 cm³/mol. The zero-order valence-corrected chi connectivity index (χ0v) is 15.3. The number of carbonyl (C=O) groups is 1. The van der Waals surface area contributed by atoms with Gasteiger partial charge in [0.05, 0.1) is 26.5 Å². The second-order valence-corrected chi connectivity index (χ2v) is 6.15. The van der Waals surface area contributed by atoms with Crippen LogP contribution in [0.1, 0.15) is 12.8 Å². The molecule has 0 aromatic heterocycles. The number of piperidine rings is 1. The number of benzene rings is 1. The van der Waals surface area contributed by atoms with Crippen molar-refractivity contribution in [2.24, 2.45) is 5.92 Å². The van der Waals surface area contributed by atoms with E-state index in [2.05, 4.69) is 15.5 Å². The Morgan fingerprint density at radius 1 is 1.20 bits per heavy atom. The lowest BCUT2D eigenvalue weighted by atomic mass is 9.97. The van der Waals surface area contributed by atoms with Crippen molar-refractivity contribution in [2.45, 2.75) is 12.8 Å². The Morgan fingerprint density at radius 3 is 2.60 bits per heavy atom. The van der Waals surface area contributed by atoms with Gasteiger partial charge in [-0.25, -0.2) is 4.79 Å². The predicted octanol–water partition coefficient (Wildman–Crippen LogP) is 2.18. The largest absolute Gasteiger partial charge is 0.493 e. The number of anilines is 1. The van der Waals surface area contributed by atoms with E-state index in [0.717, 1.165) is 39.1 Å². The number of rotatable bonds is 8. The molecule has 0 bridgehead atoms. The lowest BCUT2D eigenvalue weighted by molar-refractivity contribution is 0.120. The highest BCUT2D eigenvalue weighted by Gasteiger charge is 2.19. The molecule has 2 rings (SSSR count). The maximum atomic E-state index is 12.2. The second kappa shape index (κ2) is 10.1. The second-order valence-electron chi connectivity index (χ2n) is 6.15. The van der Waals surface area contributed by atoms with Gasteiger partial charge in [-0.05, 0) is 44.0 Å². The first kappa shape index (κ1) is 19.3. The van der Waals surface area contributed by atoms with Crippen molar-refractivity contribution >= 4 is 11.7 Å². The molecule has 0 unspecified atom stereocenters. The number of hydrogen-bond donors (Lipinski definition) is 2. The standard InChI is InChI=1S/C18H29N3O4/c1-23-12-11-21-9-7-14(8-10-21)13-19-18(22)20-15-5-4-6-16(24-2)17(15)25-3/h4-6,14H,7-13H2,1-3H3,(H2,19,20,22). The van der Waals surface area contributed by atoms with Crippen molar-refractivity contribution in [1.82, 2.24) is 10.2 Å². The number of hydrogen-bond acceptors (Lipinski definition) is 5. The maximum absolute atomic E-state index is 12.2. The molecule has 25 heavy (non-hydrogen) atoms. The quantitative estimate of drug-likeness (QED) is 0.751. The molecule has 0 aliphatic carbocycles. The van der Waals surface area contributed by atoms with E-state index in [0.29, 0.717) is 29.6 Å². The fourth-order valence-electron chi connectivity index (χ4n) is 3.02. The molecule has 1 saturated heterocycles. The summed E-state index contributed by atoms with van der Waals surface area (Å²) in [6, 6.07) is 5.16. The van der Waals surface area contributed by atoms with Crippen LogP contribution in [-0.4, -0.2) is 65.0 Å². The van der Waals surface area contributed by atoms with Gasteiger partial charge in [0.25, 0.3) is 0 Å². The fraction of sp³-hybridized carbons (Fsp3) is 0.611. The van der Waals surface area contributed by atoms with E-state index in [1.54, 1.807) is 33.5 Å². The van der Waals surface area contributed by atoms with Crippen molar-refractivity contribution in [3.63, 3.8) is 0 Å². The zero-order valence-electron chi connectivity index (χ0n) is 15.3. The summed E-state index contributed by atoms with van der Waals surface area (Å²) in [5.41, 5.74) is 0.591. The van der Waals surface area contributed by atoms with Gasteiger partial charge < -0.3 is 29.7 Å². The Hall–Kier alpha value is -1.99. The molecule has 1 fully saturated rings. The minimum Gasteiger partial charge on any atom is -0.493 e. The van der Waals surface area contributed by atoms with Gasteiger partial charge in [-0.15, -0.1) is 0 Å². The van der Waals surface area contributed by atoms with E-state index < -0.39 is 0 Å². The maximum Gasteiger partial charge on any atom is 0.319 e. The molecule has 1 aliphatic rings. The summed E-state index contributed by atoms with van der Waals surface area (Å²) < 4.78 is 15.7. The van der Waals surface area contributed by atoms with Gasteiger partial charge in [-0.2, -0.15) is 0 Å². The molecule has 0 spiro atoms. The summed E-state index contributed by atoms with van der Waals surface area (Å²) >= 11 is 0. The van der Waals surface area contributed by atoms with Gasteiger partial charge in [0, 0.05) is 20.2 Å². The van der Waals surface area contributed by atoms with E-state index in [-0.39, 0.29) is 6.03 Å². The van der Waals surface area contributed by atoms with Gasteiger partial charge in [-0.3, -0.25) is 0 Å². The number of nitrogens with zero attached hydrogens (tertiary/aromatic N) is 1. The van der Waals surface area contributed by atoms with Crippen molar-refractivity contribution < 1.29 is 19.0 Å². The number of likely N-dealkylation sites (tertiary alicyclic amines) is 1. The highest BCUT2D eigenvalue weighted by atomic mass is 16.5. The van der Waals surface area contributed by atoms with Gasteiger partial charge >= 0.3 is 6.03 Å². The number of ether oxygens (including phenoxy) is 3. The highest BCUT2D eigenvalue weighted by Crippen LogP contribution is 2.34. The Kier molecular flexibility index (Phi) is 7.81. The van der Waals surface area contributed by atoms with E-state index >= 15 is 0 Å². The molecule has 2 N–H and O–H groups in total. The first-order valence-electron chi connectivity index (χ1n) is 8.65. The zero-order chi connectivity index (χ0) is 18.1. The molecule has 0 atom stereocenters. The van der Waals surface area contributed by atoms with E-state index in [1.807, 2.05) is 6.07 Å². The van der Waals surface area contributed by atoms with Crippen molar-refractivity contribution in [2.75, 3.05) is 59.4 Å². The molecule has 7 nitrogen and oxygen atoms in total. The van der Waals surface area contributed by atoms with Crippen LogP contribution in [0, 0.1) is 5.92 Å². The van der Waals surface area contributed by atoms with Gasteiger partial charge in [-0.1, -0.05) is 6.07 Å². The smallest absolute Gasteiger partial charge is 0.319 e. The molecule has 140 valence electrons. The number of urea groups is 1. The summed E-state index contributed by atoms with van der Waals surface area (Å²) in [4.78, 5) is 14.6. The number of para-hydroxylation sites is 1. The lowest BCUT2D eigenvalue weighted by Crippen LogP contribution is -2.40. The van der Waals surface area contributed by atoms with Crippen LogP contribution in [0.3, 0.4) is 0 Å². The average Bonchev–Trinajstić information content (AvgIpc) is 2.65. The third kappa shape index (κ3) is 5.79. The summed E-state index contributed by atoms with van der Waals surface area (Å²) in [6.07, 6.45) is 2.18. The lowest BCUT2D eigenvalue weighted by Gasteiger charge is -2.31.